The molecule has 2 rings (SSSR count). The first-order valence-electron chi connectivity index (χ1n) is 8.83. The van der Waals surface area contributed by atoms with Crippen LogP contribution in [0.3, 0.4) is 0 Å². The van der Waals surface area contributed by atoms with Crippen molar-refractivity contribution in [2.75, 3.05) is 5.32 Å². The Labute approximate surface area is 162 Å². The fraction of sp³-hybridized carbons (Fsp3) is 0.474. The van der Waals surface area contributed by atoms with Crippen LogP contribution in [-0.4, -0.2) is 28.1 Å². The summed E-state index contributed by atoms with van der Waals surface area (Å²) in [6.07, 6.45) is 0.736. The number of carbonyl (C=O) groups excluding carboxylic acids is 2. The minimum absolute atomic E-state index is 0.0409. The Hall–Kier alpha value is -2.35. The predicted octanol–water partition coefficient (Wildman–Crippen LogP) is 3.86. The molecule has 1 aromatic carbocycles. The molecule has 2 amide bonds. The van der Waals surface area contributed by atoms with Gasteiger partial charge >= 0.3 is 0 Å². The molecule has 2 N–H and O–H groups in total. The van der Waals surface area contributed by atoms with Crippen LogP contribution in [0.15, 0.2) is 24.3 Å². The summed E-state index contributed by atoms with van der Waals surface area (Å²) in [6, 6.07) is 5.23. The third kappa shape index (κ3) is 5.56. The summed E-state index contributed by atoms with van der Waals surface area (Å²) in [4.78, 5) is 25.1. The van der Waals surface area contributed by atoms with Gasteiger partial charge in [0.2, 0.25) is 16.9 Å². The number of anilines is 1. The Kier molecular flexibility index (Phi) is 6.64. The first-order chi connectivity index (χ1) is 12.6. The van der Waals surface area contributed by atoms with E-state index in [1.807, 2.05) is 13.8 Å². The molecule has 6 nitrogen and oxygen atoms in total. The molecule has 146 valence electrons. The summed E-state index contributed by atoms with van der Waals surface area (Å²) in [6.45, 7) is 9.28. The Balaban J connectivity index is 2.13. The van der Waals surface area contributed by atoms with Crippen LogP contribution >= 0.6 is 11.3 Å². The lowest BCUT2D eigenvalue weighted by Crippen LogP contribution is -2.50. The van der Waals surface area contributed by atoms with Crippen molar-refractivity contribution < 1.29 is 14.0 Å². The first-order valence-corrected chi connectivity index (χ1v) is 9.64. The lowest BCUT2D eigenvalue weighted by Gasteiger charge is -2.27. The molecule has 0 aliphatic carbocycles. The third-order valence-electron chi connectivity index (χ3n) is 4.21. The van der Waals surface area contributed by atoms with Crippen LogP contribution in [0.5, 0.6) is 0 Å². The van der Waals surface area contributed by atoms with Gasteiger partial charge in [0.15, 0.2) is 0 Å². The van der Waals surface area contributed by atoms with Crippen molar-refractivity contribution in [3.63, 3.8) is 0 Å². The number of halogens is 1. The zero-order valence-corrected chi connectivity index (χ0v) is 17.0. The second-order valence-corrected chi connectivity index (χ2v) is 8.47. The smallest absolute Gasteiger partial charge is 0.249 e. The molecule has 0 fully saturated rings. The van der Waals surface area contributed by atoms with E-state index >= 15 is 0 Å². The highest BCUT2D eigenvalue weighted by Gasteiger charge is 2.31. The molecule has 0 aliphatic rings. The second-order valence-electron chi connectivity index (χ2n) is 7.50. The van der Waals surface area contributed by atoms with Gasteiger partial charge in [0.1, 0.15) is 16.9 Å². The highest BCUT2D eigenvalue weighted by molar-refractivity contribution is 7.18. The Morgan fingerprint density at radius 3 is 2.37 bits per heavy atom. The van der Waals surface area contributed by atoms with E-state index < -0.39 is 11.5 Å². The third-order valence-corrected chi connectivity index (χ3v) is 5.10. The Morgan fingerprint density at radius 1 is 1.19 bits per heavy atom. The molecular weight excluding hydrogens is 367 g/mol. The van der Waals surface area contributed by atoms with Crippen molar-refractivity contribution in [3.8, 4) is 10.6 Å². The van der Waals surface area contributed by atoms with E-state index in [1.54, 1.807) is 32.9 Å². The molecule has 2 atom stereocenters. The fourth-order valence-electron chi connectivity index (χ4n) is 2.23. The molecule has 0 radical (unpaired) electrons. The number of benzene rings is 1. The molecule has 0 unspecified atom stereocenters. The number of aromatic nitrogens is 2. The van der Waals surface area contributed by atoms with Gasteiger partial charge < -0.3 is 5.32 Å². The number of amides is 2. The van der Waals surface area contributed by atoms with Gasteiger partial charge in [-0.05, 0) is 30.2 Å². The van der Waals surface area contributed by atoms with Crippen molar-refractivity contribution in [3.05, 3.63) is 30.1 Å². The average Bonchev–Trinajstić information content (AvgIpc) is 3.06. The van der Waals surface area contributed by atoms with Crippen LogP contribution in [0.2, 0.25) is 0 Å². The largest absolute Gasteiger partial charge is 0.344 e. The molecule has 0 bridgehead atoms. The molecular formula is C19H25FN4O2S. The summed E-state index contributed by atoms with van der Waals surface area (Å²) in [5.41, 5.74) is 0.124. The molecule has 1 aromatic heterocycles. The molecule has 1 heterocycles. The van der Waals surface area contributed by atoms with E-state index in [0.29, 0.717) is 15.7 Å². The fourth-order valence-corrected chi connectivity index (χ4v) is 2.98. The quantitative estimate of drug-likeness (QED) is 0.782. The number of carbonyl (C=O) groups is 2. The van der Waals surface area contributed by atoms with Gasteiger partial charge in [-0.25, -0.2) is 4.39 Å². The van der Waals surface area contributed by atoms with Crippen LogP contribution in [0.1, 0.15) is 41.0 Å². The number of hydrogen-bond acceptors (Lipinski definition) is 5. The van der Waals surface area contributed by atoms with Gasteiger partial charge in [-0.15, -0.1) is 10.2 Å². The number of hydrogen-bond donors (Lipinski definition) is 2. The summed E-state index contributed by atoms with van der Waals surface area (Å²) in [7, 11) is 0. The van der Waals surface area contributed by atoms with Crippen LogP contribution in [-0.2, 0) is 9.59 Å². The van der Waals surface area contributed by atoms with Gasteiger partial charge in [0.25, 0.3) is 0 Å². The molecule has 27 heavy (non-hydrogen) atoms. The van der Waals surface area contributed by atoms with E-state index in [2.05, 4.69) is 20.8 Å². The van der Waals surface area contributed by atoms with Crippen molar-refractivity contribution in [2.45, 2.75) is 47.1 Å². The number of nitrogens with zero attached hydrogens (tertiary/aromatic N) is 2. The maximum atomic E-state index is 13.0. The van der Waals surface area contributed by atoms with Crippen molar-refractivity contribution in [2.24, 2.45) is 11.3 Å². The maximum absolute atomic E-state index is 13.0. The summed E-state index contributed by atoms with van der Waals surface area (Å²) >= 11 is 1.19. The minimum atomic E-state index is -0.667. The Bertz CT molecular complexity index is 799. The van der Waals surface area contributed by atoms with Crippen LogP contribution in [0, 0.1) is 17.2 Å². The molecule has 2 aromatic rings. The van der Waals surface area contributed by atoms with Crippen LogP contribution in [0.4, 0.5) is 9.52 Å². The van der Waals surface area contributed by atoms with Gasteiger partial charge in [-0.2, -0.15) is 0 Å². The summed E-state index contributed by atoms with van der Waals surface area (Å²) in [5, 5.41) is 14.5. The first kappa shape index (κ1) is 21.0. The maximum Gasteiger partial charge on any atom is 0.249 e. The normalized spacial score (nSPS) is 13.7. The molecule has 0 spiro atoms. The van der Waals surface area contributed by atoms with E-state index in [-0.39, 0.29) is 23.5 Å². The van der Waals surface area contributed by atoms with Gasteiger partial charge in [0, 0.05) is 11.0 Å². The van der Waals surface area contributed by atoms with Crippen LogP contribution in [0.25, 0.3) is 10.6 Å². The standard InChI is InChI=1S/C19H25FN4O2S/c1-6-11(2)14(21-17(26)19(3,4)5)15(25)22-18-24-23-16(27-18)12-7-9-13(20)10-8-12/h7-11,14H,6H2,1-5H3,(H,21,26)(H,22,24,25)/t11-,14+/m1/s1. The highest BCUT2D eigenvalue weighted by Crippen LogP contribution is 2.27. The van der Waals surface area contributed by atoms with Gasteiger partial charge in [0.05, 0.1) is 0 Å². The Morgan fingerprint density at radius 2 is 1.81 bits per heavy atom. The number of rotatable bonds is 6. The van der Waals surface area contributed by atoms with Crippen molar-refractivity contribution >= 4 is 28.3 Å². The average molecular weight is 393 g/mol. The summed E-state index contributed by atoms with van der Waals surface area (Å²) in [5.74, 6) is -0.889. The summed E-state index contributed by atoms with van der Waals surface area (Å²) < 4.78 is 13.0. The lowest BCUT2D eigenvalue weighted by molar-refractivity contribution is -0.132. The van der Waals surface area contributed by atoms with Gasteiger partial charge in [-0.3, -0.25) is 14.9 Å². The predicted molar refractivity (Wildman–Crippen MR) is 105 cm³/mol. The van der Waals surface area contributed by atoms with Crippen molar-refractivity contribution in [1.82, 2.24) is 15.5 Å². The second kappa shape index (κ2) is 8.56. The molecule has 0 aliphatic heterocycles. The molecule has 0 saturated heterocycles. The van der Waals surface area contributed by atoms with Crippen LogP contribution < -0.4 is 10.6 Å². The van der Waals surface area contributed by atoms with Crippen molar-refractivity contribution in [1.29, 1.82) is 0 Å². The molecule has 8 heteroatoms. The van der Waals surface area contributed by atoms with E-state index in [4.69, 9.17) is 0 Å². The topological polar surface area (TPSA) is 84.0 Å². The lowest BCUT2D eigenvalue weighted by atomic mass is 9.92. The highest BCUT2D eigenvalue weighted by atomic mass is 32.1. The minimum Gasteiger partial charge on any atom is -0.344 e. The number of nitrogens with one attached hydrogen (secondary N) is 2. The van der Waals surface area contributed by atoms with E-state index in [1.165, 1.54) is 23.5 Å². The zero-order valence-electron chi connectivity index (χ0n) is 16.2. The van der Waals surface area contributed by atoms with Gasteiger partial charge in [-0.1, -0.05) is 52.4 Å². The zero-order chi connectivity index (χ0) is 20.2. The van der Waals surface area contributed by atoms with E-state index in [9.17, 15) is 14.0 Å². The monoisotopic (exact) mass is 392 g/mol. The molecule has 0 saturated carbocycles. The van der Waals surface area contributed by atoms with E-state index in [0.717, 1.165) is 6.42 Å². The SMILES string of the molecule is CC[C@@H](C)[C@H](NC(=O)C(C)(C)C)C(=O)Nc1nnc(-c2ccc(F)cc2)s1.